The lowest BCUT2D eigenvalue weighted by molar-refractivity contribution is 0.0783. The van der Waals surface area contributed by atoms with Gasteiger partial charge in [0.15, 0.2) is 12.1 Å². The number of carbonyl (C=O) groups excluding carboxylic acids is 1. The largest absolute Gasteiger partial charge is 0.394 e. The minimum absolute atomic E-state index is 0.00759. The number of imidazole rings is 1. The van der Waals surface area contributed by atoms with Gasteiger partial charge in [-0.25, -0.2) is 9.98 Å². The second kappa shape index (κ2) is 8.39. The Hall–Kier alpha value is -3.00. The molecule has 8 nitrogen and oxygen atoms in total. The van der Waals surface area contributed by atoms with E-state index in [4.69, 9.17) is 15.2 Å². The van der Waals surface area contributed by atoms with E-state index in [1.807, 2.05) is 42.8 Å². The molecule has 158 valence electrons. The van der Waals surface area contributed by atoms with Gasteiger partial charge < -0.3 is 19.7 Å². The Morgan fingerprint density at radius 3 is 2.90 bits per heavy atom. The van der Waals surface area contributed by atoms with E-state index >= 15 is 0 Å². The van der Waals surface area contributed by atoms with Gasteiger partial charge in [-0.3, -0.25) is 4.79 Å². The van der Waals surface area contributed by atoms with Crippen molar-refractivity contribution in [2.24, 2.45) is 4.99 Å². The molecule has 2 aliphatic heterocycles. The van der Waals surface area contributed by atoms with E-state index in [0.717, 1.165) is 61.3 Å². The van der Waals surface area contributed by atoms with Crippen molar-refractivity contribution >= 4 is 18.0 Å². The van der Waals surface area contributed by atoms with Crippen molar-refractivity contribution in [3.05, 3.63) is 47.5 Å². The first-order chi connectivity index (χ1) is 14.6. The number of unbranched alkanes of at least 4 members (excludes halogenated alkanes) is 2. The summed E-state index contributed by atoms with van der Waals surface area (Å²) in [5, 5.41) is 7.81. The highest BCUT2D eigenvalue weighted by atomic mass is 16.7. The average molecular weight is 409 g/mol. The molecule has 2 aliphatic rings. The molecule has 1 aromatic heterocycles. The fraction of sp³-hybridized carbons (Fsp3) is 0.455. The summed E-state index contributed by atoms with van der Waals surface area (Å²) in [5.41, 5.74) is 6.31. The maximum Gasteiger partial charge on any atom is 0.256 e. The lowest BCUT2D eigenvalue weighted by Crippen LogP contribution is -2.38. The van der Waals surface area contributed by atoms with Gasteiger partial charge in [0, 0.05) is 12.8 Å². The van der Waals surface area contributed by atoms with Crippen LogP contribution in [0.3, 0.4) is 0 Å². The molecule has 0 saturated carbocycles. The molecule has 0 spiro atoms. The first kappa shape index (κ1) is 20.3. The van der Waals surface area contributed by atoms with E-state index in [0.29, 0.717) is 12.1 Å². The number of hydrogen-bond donors (Lipinski definition) is 2. The lowest BCUT2D eigenvalue weighted by Gasteiger charge is -2.25. The van der Waals surface area contributed by atoms with Gasteiger partial charge in [-0.1, -0.05) is 25.5 Å². The number of fused-ring (bicyclic) bond motifs is 3. The highest BCUT2D eigenvalue weighted by Gasteiger charge is 2.41. The van der Waals surface area contributed by atoms with Gasteiger partial charge in [-0.05, 0) is 44.2 Å². The third-order valence-corrected chi connectivity index (χ3v) is 5.88. The summed E-state index contributed by atoms with van der Waals surface area (Å²) in [6.45, 7) is 2.46. The predicted molar refractivity (Wildman–Crippen MR) is 115 cm³/mol. The van der Waals surface area contributed by atoms with E-state index in [1.165, 1.54) is 6.40 Å². The van der Waals surface area contributed by atoms with Crippen molar-refractivity contribution in [3.8, 4) is 5.69 Å². The number of benzene rings is 1. The van der Waals surface area contributed by atoms with Gasteiger partial charge in [-0.15, -0.1) is 5.48 Å². The summed E-state index contributed by atoms with van der Waals surface area (Å²) < 4.78 is 1.99. The zero-order valence-corrected chi connectivity index (χ0v) is 17.5. The quantitative estimate of drug-likeness (QED) is 0.516. The maximum absolute atomic E-state index is 12.8. The number of aromatic nitrogens is 2. The summed E-state index contributed by atoms with van der Waals surface area (Å²) in [4.78, 5) is 29.2. The smallest absolute Gasteiger partial charge is 0.256 e. The lowest BCUT2D eigenvalue weighted by atomic mass is 9.96. The van der Waals surface area contributed by atoms with Gasteiger partial charge in [0.05, 0.1) is 29.8 Å². The summed E-state index contributed by atoms with van der Waals surface area (Å²) in [6.07, 6.45) is 8.54. The molecule has 8 heteroatoms. The van der Waals surface area contributed by atoms with Crippen LogP contribution in [-0.4, -0.2) is 39.5 Å². The monoisotopic (exact) mass is 408 g/mol. The molecule has 0 fully saturated rings. The Labute approximate surface area is 176 Å². The molecule has 1 aromatic carbocycles. The standard InChI is InChI=1S/C22H28N6O2/c1-3-16(23)9-5-4-8-12-22(25-15-30-26-22)20-19-13-27(2)21(29)17-10-6-7-11-18(17)28(19)14-24-20/h6-7,10-11,14-15,23,26H,3-5,8-9,12-13H2,1-2H3. The van der Waals surface area contributed by atoms with Crippen molar-refractivity contribution < 1.29 is 9.63 Å². The van der Waals surface area contributed by atoms with Crippen LogP contribution < -0.4 is 5.48 Å². The number of amides is 1. The van der Waals surface area contributed by atoms with Gasteiger partial charge in [0.2, 0.25) is 0 Å². The minimum atomic E-state index is -0.762. The molecule has 1 atom stereocenters. The van der Waals surface area contributed by atoms with E-state index in [9.17, 15) is 4.79 Å². The molecule has 2 aromatic rings. The second-order valence-corrected chi connectivity index (χ2v) is 7.92. The number of carbonyl (C=O) groups is 1. The number of nitrogens with one attached hydrogen (secondary N) is 2. The third-order valence-electron chi connectivity index (χ3n) is 5.88. The topological polar surface area (TPSA) is 95.6 Å². The molecule has 30 heavy (non-hydrogen) atoms. The number of rotatable bonds is 8. The molecule has 3 heterocycles. The first-order valence-corrected chi connectivity index (χ1v) is 10.5. The predicted octanol–water partition coefficient (Wildman–Crippen LogP) is 3.55. The number of hydrogen-bond acceptors (Lipinski definition) is 6. The highest BCUT2D eigenvalue weighted by molar-refractivity contribution is 5.98. The van der Waals surface area contributed by atoms with Gasteiger partial charge in [0.25, 0.3) is 5.91 Å². The number of hydroxylamine groups is 1. The van der Waals surface area contributed by atoms with E-state index < -0.39 is 5.66 Å². The SMILES string of the molecule is CCC(=N)CCCCCC1(c2ncn3c2CN(C)C(=O)c2ccccc2-3)N=CON1. The van der Waals surface area contributed by atoms with Crippen LogP contribution in [-0.2, 0) is 17.0 Å². The Balaban J connectivity index is 1.61. The minimum Gasteiger partial charge on any atom is -0.394 e. The van der Waals surface area contributed by atoms with Crippen molar-refractivity contribution in [1.82, 2.24) is 19.9 Å². The fourth-order valence-electron chi connectivity index (χ4n) is 4.13. The van der Waals surface area contributed by atoms with E-state index in [2.05, 4.69) is 10.5 Å². The summed E-state index contributed by atoms with van der Waals surface area (Å²) in [5.74, 6) is -0.00759. The van der Waals surface area contributed by atoms with Crippen molar-refractivity contribution in [2.75, 3.05) is 7.05 Å². The van der Waals surface area contributed by atoms with Crippen LogP contribution in [0.25, 0.3) is 5.69 Å². The number of aliphatic imine (C=N–C) groups is 1. The zero-order valence-electron chi connectivity index (χ0n) is 17.5. The highest BCUT2D eigenvalue weighted by Crippen LogP contribution is 2.36. The molecule has 4 rings (SSSR count). The summed E-state index contributed by atoms with van der Waals surface area (Å²) in [6, 6.07) is 7.60. The van der Waals surface area contributed by atoms with Gasteiger partial charge in [0.1, 0.15) is 5.69 Å². The normalized spacial score (nSPS) is 19.9. The molecule has 1 unspecified atom stereocenters. The van der Waals surface area contributed by atoms with Gasteiger partial charge in [-0.2, -0.15) is 0 Å². The Bertz CT molecular complexity index is 982. The molecule has 2 N–H and O–H groups in total. The van der Waals surface area contributed by atoms with Crippen LogP contribution in [0.15, 0.2) is 35.6 Å². The number of para-hydroxylation sites is 1. The van der Waals surface area contributed by atoms with Gasteiger partial charge >= 0.3 is 0 Å². The number of nitrogens with zero attached hydrogens (tertiary/aromatic N) is 4. The molecule has 0 radical (unpaired) electrons. The summed E-state index contributed by atoms with van der Waals surface area (Å²) >= 11 is 0. The van der Waals surface area contributed by atoms with Crippen LogP contribution in [0.5, 0.6) is 0 Å². The van der Waals surface area contributed by atoms with Crippen LogP contribution >= 0.6 is 0 Å². The van der Waals surface area contributed by atoms with Crippen molar-refractivity contribution in [3.63, 3.8) is 0 Å². The van der Waals surface area contributed by atoms with Crippen LogP contribution in [0.1, 0.15) is 67.2 Å². The average Bonchev–Trinajstić information content (AvgIpc) is 3.38. The molecule has 0 saturated heterocycles. The van der Waals surface area contributed by atoms with Crippen LogP contribution in [0, 0.1) is 5.41 Å². The molecule has 1 amide bonds. The third kappa shape index (κ3) is 3.63. The maximum atomic E-state index is 12.8. The van der Waals surface area contributed by atoms with E-state index in [1.54, 1.807) is 11.2 Å². The molecular formula is C22H28N6O2. The fourth-order valence-corrected chi connectivity index (χ4v) is 4.13. The van der Waals surface area contributed by atoms with E-state index in [-0.39, 0.29) is 5.91 Å². The first-order valence-electron chi connectivity index (χ1n) is 10.5. The Kier molecular flexibility index (Phi) is 5.67. The molecular weight excluding hydrogens is 380 g/mol. The Morgan fingerprint density at radius 2 is 2.13 bits per heavy atom. The zero-order chi connectivity index (χ0) is 21.1. The van der Waals surface area contributed by atoms with Crippen LogP contribution in [0.4, 0.5) is 0 Å². The second-order valence-electron chi connectivity index (χ2n) is 7.92. The van der Waals surface area contributed by atoms with Crippen LogP contribution in [0.2, 0.25) is 0 Å². The van der Waals surface area contributed by atoms with Crippen molar-refractivity contribution in [1.29, 1.82) is 5.41 Å². The molecule has 0 aliphatic carbocycles. The summed E-state index contributed by atoms with van der Waals surface area (Å²) in [7, 11) is 1.81. The molecule has 0 bridgehead atoms. The van der Waals surface area contributed by atoms with Crippen molar-refractivity contribution in [2.45, 2.75) is 57.7 Å². The Morgan fingerprint density at radius 1 is 1.30 bits per heavy atom.